The van der Waals surface area contributed by atoms with Crippen LogP contribution in [0.3, 0.4) is 0 Å². The summed E-state index contributed by atoms with van der Waals surface area (Å²) in [6, 6.07) is 13.7. The minimum Gasteiger partial charge on any atom is -0.489 e. The zero-order valence-electron chi connectivity index (χ0n) is 10.4. The fourth-order valence-corrected chi connectivity index (χ4v) is 1.55. The maximum atomic E-state index is 13.6. The molecule has 0 fully saturated rings. The fourth-order valence-electron chi connectivity index (χ4n) is 1.55. The molecule has 2 rings (SSSR count). The number of ether oxygens (including phenoxy) is 2. The highest BCUT2D eigenvalue weighted by atomic mass is 19.1. The normalized spacial score (nSPS) is 10.0. The minimum absolute atomic E-state index is 0.0976. The van der Waals surface area contributed by atoms with Crippen LogP contribution in [0.25, 0.3) is 0 Å². The number of carbonyl (C=O) groups is 1. The van der Waals surface area contributed by atoms with Crippen molar-refractivity contribution in [1.29, 1.82) is 0 Å². The lowest BCUT2D eigenvalue weighted by Crippen LogP contribution is -2.03. The second-order valence-corrected chi connectivity index (χ2v) is 3.96. The third-order valence-electron chi connectivity index (χ3n) is 2.41. The molecule has 0 aromatic heterocycles. The van der Waals surface area contributed by atoms with Crippen molar-refractivity contribution in [2.45, 2.75) is 13.5 Å². The van der Waals surface area contributed by atoms with Gasteiger partial charge in [-0.3, -0.25) is 4.79 Å². The van der Waals surface area contributed by atoms with Crippen LogP contribution < -0.4 is 9.47 Å². The van der Waals surface area contributed by atoms with Crippen molar-refractivity contribution in [2.75, 3.05) is 0 Å². The van der Waals surface area contributed by atoms with E-state index in [1.165, 1.54) is 19.1 Å². The first-order valence-electron chi connectivity index (χ1n) is 5.80. The minimum atomic E-state index is -0.624. The van der Waals surface area contributed by atoms with Crippen molar-refractivity contribution in [2.24, 2.45) is 0 Å². The Morgan fingerprint density at radius 2 is 1.89 bits per heavy atom. The summed E-state index contributed by atoms with van der Waals surface area (Å²) in [6.07, 6.45) is 0. The zero-order valence-corrected chi connectivity index (χ0v) is 10.4. The van der Waals surface area contributed by atoms with Crippen molar-refractivity contribution in [3.8, 4) is 11.5 Å². The van der Waals surface area contributed by atoms with Gasteiger partial charge in [-0.1, -0.05) is 30.3 Å². The quantitative estimate of drug-likeness (QED) is 0.625. The molecule has 0 aliphatic heterocycles. The Kier molecular flexibility index (Phi) is 4.13. The first-order chi connectivity index (χ1) is 9.15. The van der Waals surface area contributed by atoms with Crippen LogP contribution in [-0.2, 0) is 11.4 Å². The van der Waals surface area contributed by atoms with Crippen LogP contribution in [0.5, 0.6) is 11.5 Å². The molecule has 0 saturated heterocycles. The Hall–Kier alpha value is -2.36. The van der Waals surface area contributed by atoms with Crippen molar-refractivity contribution < 1.29 is 18.7 Å². The molecule has 0 aliphatic carbocycles. The maximum absolute atomic E-state index is 13.6. The first-order valence-corrected chi connectivity index (χ1v) is 5.80. The van der Waals surface area contributed by atoms with Gasteiger partial charge >= 0.3 is 5.97 Å². The topological polar surface area (TPSA) is 35.5 Å². The molecule has 0 spiro atoms. The average molecular weight is 260 g/mol. The van der Waals surface area contributed by atoms with Gasteiger partial charge in [-0.25, -0.2) is 4.39 Å². The van der Waals surface area contributed by atoms with Gasteiger partial charge in [0.1, 0.15) is 12.4 Å². The zero-order chi connectivity index (χ0) is 13.7. The maximum Gasteiger partial charge on any atom is 0.308 e. The molecule has 4 heteroatoms. The van der Waals surface area contributed by atoms with Crippen LogP contribution in [0.2, 0.25) is 0 Å². The number of rotatable bonds is 4. The van der Waals surface area contributed by atoms with Gasteiger partial charge in [0.25, 0.3) is 0 Å². The van der Waals surface area contributed by atoms with Crippen LogP contribution in [0.15, 0.2) is 48.5 Å². The molecule has 0 bridgehead atoms. The largest absolute Gasteiger partial charge is 0.489 e. The summed E-state index contributed by atoms with van der Waals surface area (Å²) in [4.78, 5) is 10.7. The SMILES string of the molecule is CC(=O)Oc1ccc(OCc2ccccc2)cc1F. The Bertz CT molecular complexity index is 567. The van der Waals surface area contributed by atoms with Crippen LogP contribution >= 0.6 is 0 Å². The summed E-state index contributed by atoms with van der Waals surface area (Å²) in [5, 5.41) is 0. The molecule has 0 atom stereocenters. The van der Waals surface area contributed by atoms with Gasteiger partial charge in [0, 0.05) is 13.0 Å². The van der Waals surface area contributed by atoms with E-state index >= 15 is 0 Å². The molecular weight excluding hydrogens is 247 g/mol. The van der Waals surface area contributed by atoms with E-state index in [2.05, 4.69) is 0 Å². The molecule has 2 aromatic rings. The average Bonchev–Trinajstić information content (AvgIpc) is 2.40. The lowest BCUT2D eigenvalue weighted by Gasteiger charge is -2.08. The van der Waals surface area contributed by atoms with E-state index in [4.69, 9.17) is 9.47 Å². The molecule has 0 radical (unpaired) electrons. The highest BCUT2D eigenvalue weighted by Crippen LogP contribution is 2.23. The second kappa shape index (κ2) is 6.00. The summed E-state index contributed by atoms with van der Waals surface area (Å²) in [5.74, 6) is -0.894. The van der Waals surface area contributed by atoms with Gasteiger partial charge in [-0.2, -0.15) is 0 Å². The molecule has 98 valence electrons. The van der Waals surface area contributed by atoms with E-state index in [0.29, 0.717) is 12.4 Å². The molecule has 0 saturated carbocycles. The van der Waals surface area contributed by atoms with Crippen LogP contribution in [0.4, 0.5) is 4.39 Å². The van der Waals surface area contributed by atoms with Gasteiger partial charge in [-0.05, 0) is 17.7 Å². The Morgan fingerprint density at radius 1 is 1.16 bits per heavy atom. The summed E-state index contributed by atoms with van der Waals surface area (Å²) in [5.41, 5.74) is 0.993. The van der Waals surface area contributed by atoms with Gasteiger partial charge in [0.2, 0.25) is 0 Å². The molecular formula is C15H13FO3. The highest BCUT2D eigenvalue weighted by molar-refractivity contribution is 5.69. The van der Waals surface area contributed by atoms with E-state index < -0.39 is 11.8 Å². The van der Waals surface area contributed by atoms with E-state index in [1.54, 1.807) is 6.07 Å². The number of hydrogen-bond acceptors (Lipinski definition) is 3. The van der Waals surface area contributed by atoms with E-state index in [1.807, 2.05) is 30.3 Å². The monoisotopic (exact) mass is 260 g/mol. The number of halogens is 1. The van der Waals surface area contributed by atoms with Crippen LogP contribution in [0, 0.1) is 5.82 Å². The van der Waals surface area contributed by atoms with Crippen LogP contribution in [0.1, 0.15) is 12.5 Å². The van der Waals surface area contributed by atoms with Gasteiger partial charge in [-0.15, -0.1) is 0 Å². The highest BCUT2D eigenvalue weighted by Gasteiger charge is 2.07. The molecule has 3 nitrogen and oxygen atoms in total. The third-order valence-corrected chi connectivity index (χ3v) is 2.41. The number of carbonyl (C=O) groups excluding carboxylic acids is 1. The van der Waals surface area contributed by atoms with Crippen molar-refractivity contribution in [3.05, 3.63) is 59.9 Å². The molecule has 0 amide bonds. The number of hydrogen-bond donors (Lipinski definition) is 0. The second-order valence-electron chi connectivity index (χ2n) is 3.96. The predicted molar refractivity (Wildman–Crippen MR) is 68.5 cm³/mol. The van der Waals surface area contributed by atoms with Crippen molar-refractivity contribution >= 4 is 5.97 Å². The predicted octanol–water partition coefficient (Wildman–Crippen LogP) is 3.33. The fraction of sp³-hybridized carbons (Fsp3) is 0.133. The van der Waals surface area contributed by atoms with Crippen molar-refractivity contribution in [3.63, 3.8) is 0 Å². The molecule has 2 aromatic carbocycles. The van der Waals surface area contributed by atoms with Gasteiger partial charge in [0.15, 0.2) is 11.6 Å². The molecule has 19 heavy (non-hydrogen) atoms. The lowest BCUT2D eigenvalue weighted by atomic mass is 10.2. The standard InChI is InChI=1S/C15H13FO3/c1-11(17)19-15-8-7-13(9-14(15)16)18-10-12-5-3-2-4-6-12/h2-9H,10H2,1H3. The molecule has 0 unspecified atom stereocenters. The lowest BCUT2D eigenvalue weighted by molar-refractivity contribution is -0.132. The number of esters is 1. The Morgan fingerprint density at radius 3 is 2.53 bits per heavy atom. The van der Waals surface area contributed by atoms with E-state index in [-0.39, 0.29) is 5.75 Å². The summed E-state index contributed by atoms with van der Waals surface area (Å²) >= 11 is 0. The number of benzene rings is 2. The molecule has 0 heterocycles. The Labute approximate surface area is 110 Å². The molecule has 0 N–H and O–H groups in total. The van der Waals surface area contributed by atoms with Crippen molar-refractivity contribution in [1.82, 2.24) is 0 Å². The Balaban J connectivity index is 2.02. The van der Waals surface area contributed by atoms with E-state index in [9.17, 15) is 9.18 Å². The van der Waals surface area contributed by atoms with Crippen LogP contribution in [-0.4, -0.2) is 5.97 Å². The third kappa shape index (κ3) is 3.81. The van der Waals surface area contributed by atoms with Gasteiger partial charge in [0.05, 0.1) is 0 Å². The summed E-state index contributed by atoms with van der Waals surface area (Å²) in [7, 11) is 0. The smallest absolute Gasteiger partial charge is 0.308 e. The summed E-state index contributed by atoms with van der Waals surface area (Å²) in [6.45, 7) is 1.58. The van der Waals surface area contributed by atoms with E-state index in [0.717, 1.165) is 5.56 Å². The first kappa shape index (κ1) is 13.1. The summed E-state index contributed by atoms with van der Waals surface area (Å²) < 4.78 is 23.7. The molecule has 0 aliphatic rings. The van der Waals surface area contributed by atoms with Gasteiger partial charge < -0.3 is 9.47 Å².